The Balaban J connectivity index is 0.00000351. The molecule has 1 aliphatic carbocycles. The van der Waals surface area contributed by atoms with Crippen LogP contribution in [0.25, 0.3) is 27.6 Å². The van der Waals surface area contributed by atoms with Gasteiger partial charge in [-0.2, -0.15) is 6.07 Å². The van der Waals surface area contributed by atoms with Crippen LogP contribution in [0.1, 0.15) is 72.2 Å². The van der Waals surface area contributed by atoms with Gasteiger partial charge >= 0.3 is 21.1 Å². The molecule has 0 amide bonds. The number of ether oxygens (including phenoxy) is 2. The van der Waals surface area contributed by atoms with Gasteiger partial charge < -0.3 is 14.0 Å². The number of fused-ring (bicyclic) bond motifs is 6. The second kappa shape index (κ2) is 11.8. The van der Waals surface area contributed by atoms with Gasteiger partial charge in [0.2, 0.25) is 0 Å². The van der Waals surface area contributed by atoms with E-state index in [9.17, 15) is 0 Å². The van der Waals surface area contributed by atoms with Gasteiger partial charge in [0.15, 0.2) is 0 Å². The first-order valence-electron chi connectivity index (χ1n) is 16.1. The molecule has 1 aliphatic heterocycles. The summed E-state index contributed by atoms with van der Waals surface area (Å²) in [5, 5.41) is 2.27. The van der Waals surface area contributed by atoms with Gasteiger partial charge in [-0.05, 0) is 77.9 Å². The number of benzene rings is 4. The molecule has 3 heterocycles. The van der Waals surface area contributed by atoms with E-state index in [0.717, 1.165) is 46.2 Å². The number of aromatic nitrogens is 2. The fraction of sp³-hybridized carbons (Fsp3) is 0.268. The molecule has 238 valence electrons. The minimum Gasteiger partial charge on any atom is -0.514 e. The molecule has 0 fully saturated rings. The first-order chi connectivity index (χ1) is 22.1. The Morgan fingerprint density at radius 2 is 1.72 bits per heavy atom. The smallest absolute Gasteiger partial charge is 0.514 e. The molecule has 2 aliphatic rings. The Hall–Kier alpha value is -4.21. The van der Waals surface area contributed by atoms with E-state index < -0.39 is 0 Å². The zero-order valence-corrected chi connectivity index (χ0v) is 29.8. The molecule has 0 saturated carbocycles. The molecule has 0 saturated heterocycles. The van der Waals surface area contributed by atoms with Crippen molar-refractivity contribution in [2.75, 3.05) is 0 Å². The standard InChI is InChI=1S/C41H37N3O2.Pt/c1-24-10-14-35-34(20-24)32-12-11-29(23-36(32)44(35)38-22-28(16-17-42-38)41(4,5)6)45-30-19-25(2)18-27(21-30)40-43-39-33-9-7-8-26(3)31(33)13-15-37(39)46-40;/h7-12,14,16-20,22,37,39H,13,15H2,1-6H3;/q-2;+2/t37-,39+;/m0./s1. The third-order valence-corrected chi connectivity index (χ3v) is 9.40. The summed E-state index contributed by atoms with van der Waals surface area (Å²) in [5.74, 6) is 2.72. The van der Waals surface area contributed by atoms with Crippen molar-refractivity contribution in [2.24, 2.45) is 4.99 Å². The van der Waals surface area contributed by atoms with Gasteiger partial charge in [0, 0.05) is 23.2 Å². The van der Waals surface area contributed by atoms with Crippen LogP contribution >= 0.6 is 0 Å². The molecular formula is C41H37N3O2Pt. The zero-order valence-electron chi connectivity index (χ0n) is 27.5. The molecular weight excluding hydrogens is 762 g/mol. The molecule has 0 unspecified atom stereocenters. The van der Waals surface area contributed by atoms with Crippen LogP contribution in [0, 0.1) is 32.9 Å². The van der Waals surface area contributed by atoms with E-state index in [4.69, 9.17) is 19.5 Å². The summed E-state index contributed by atoms with van der Waals surface area (Å²) in [6, 6.07) is 32.6. The van der Waals surface area contributed by atoms with Gasteiger partial charge in [0.25, 0.3) is 0 Å². The normalized spacial score (nSPS) is 17.1. The third-order valence-electron chi connectivity index (χ3n) is 9.40. The predicted molar refractivity (Wildman–Crippen MR) is 185 cm³/mol. The van der Waals surface area contributed by atoms with Crippen LogP contribution in [0.5, 0.6) is 11.5 Å². The van der Waals surface area contributed by atoms with Crippen molar-refractivity contribution >= 4 is 27.7 Å². The van der Waals surface area contributed by atoms with E-state index in [0.29, 0.717) is 17.4 Å². The summed E-state index contributed by atoms with van der Waals surface area (Å²) in [6.45, 7) is 13.0. The Labute approximate surface area is 290 Å². The van der Waals surface area contributed by atoms with E-state index in [1.54, 1.807) is 0 Å². The second-order valence-corrected chi connectivity index (χ2v) is 13.8. The number of aryl methyl sites for hydroxylation is 3. The van der Waals surface area contributed by atoms with Crippen molar-refractivity contribution in [1.82, 2.24) is 9.55 Å². The van der Waals surface area contributed by atoms with Crippen LogP contribution in [-0.2, 0) is 37.6 Å². The fourth-order valence-corrected chi connectivity index (χ4v) is 7.01. The molecule has 4 aromatic carbocycles. The summed E-state index contributed by atoms with van der Waals surface area (Å²) >= 11 is 0. The largest absolute Gasteiger partial charge is 2.00 e. The average molecular weight is 799 g/mol. The summed E-state index contributed by atoms with van der Waals surface area (Å²) in [5.41, 5.74) is 10.3. The quantitative estimate of drug-likeness (QED) is 0.167. The summed E-state index contributed by atoms with van der Waals surface area (Å²) in [6.07, 6.45) is 3.92. The molecule has 6 aromatic rings. The monoisotopic (exact) mass is 798 g/mol. The summed E-state index contributed by atoms with van der Waals surface area (Å²) in [7, 11) is 0. The Morgan fingerprint density at radius 1 is 0.872 bits per heavy atom. The topological polar surface area (TPSA) is 48.6 Å². The Bertz CT molecular complexity index is 2210. The molecule has 0 bridgehead atoms. The van der Waals surface area contributed by atoms with Gasteiger partial charge in [0.05, 0.1) is 0 Å². The van der Waals surface area contributed by atoms with E-state index in [-0.39, 0.29) is 38.6 Å². The molecule has 5 nitrogen and oxygen atoms in total. The first-order valence-corrected chi connectivity index (χ1v) is 16.1. The zero-order chi connectivity index (χ0) is 31.7. The second-order valence-electron chi connectivity index (χ2n) is 13.8. The van der Waals surface area contributed by atoms with E-state index >= 15 is 0 Å². The molecule has 6 heteroatoms. The molecule has 2 aromatic heterocycles. The average Bonchev–Trinajstić information content (AvgIpc) is 3.60. The molecule has 47 heavy (non-hydrogen) atoms. The number of rotatable bonds is 4. The van der Waals surface area contributed by atoms with E-state index in [1.165, 1.54) is 33.2 Å². The van der Waals surface area contributed by atoms with Crippen LogP contribution in [0.3, 0.4) is 0 Å². The Morgan fingerprint density at radius 3 is 2.55 bits per heavy atom. The summed E-state index contributed by atoms with van der Waals surface area (Å²) in [4.78, 5) is 9.90. The van der Waals surface area contributed by atoms with Crippen LogP contribution in [0.4, 0.5) is 0 Å². The van der Waals surface area contributed by atoms with E-state index in [2.05, 4.69) is 119 Å². The maximum Gasteiger partial charge on any atom is 2.00 e. The maximum atomic E-state index is 6.49. The third kappa shape index (κ3) is 5.59. The molecule has 0 radical (unpaired) electrons. The fourth-order valence-electron chi connectivity index (χ4n) is 7.01. The molecule has 2 atom stereocenters. The van der Waals surface area contributed by atoms with Crippen LogP contribution in [-0.4, -0.2) is 21.6 Å². The van der Waals surface area contributed by atoms with Crippen LogP contribution in [0.2, 0.25) is 0 Å². The first kappa shape index (κ1) is 31.4. The minimum atomic E-state index is -0.00280. The minimum absolute atomic E-state index is 0. The van der Waals surface area contributed by atoms with Gasteiger partial charge in [-0.15, -0.1) is 29.1 Å². The number of aliphatic imine (C=N–C) groups is 1. The van der Waals surface area contributed by atoms with Gasteiger partial charge in [-0.3, -0.25) is 4.99 Å². The number of hydrogen-bond donors (Lipinski definition) is 0. The van der Waals surface area contributed by atoms with Crippen molar-refractivity contribution in [1.29, 1.82) is 0 Å². The summed E-state index contributed by atoms with van der Waals surface area (Å²) < 4.78 is 15.1. The van der Waals surface area contributed by atoms with Crippen molar-refractivity contribution in [2.45, 2.75) is 71.9 Å². The van der Waals surface area contributed by atoms with Crippen LogP contribution < -0.4 is 4.74 Å². The molecule has 0 N–H and O–H groups in total. The number of hydrogen-bond acceptors (Lipinski definition) is 4. The van der Waals surface area contributed by atoms with Crippen LogP contribution in [0.15, 0.2) is 84.0 Å². The SMILES string of the molecule is Cc1cc(Oc2[c-]c3c(cc2)c2cc(C)ccc2n3-c2cc(C(C)(C)C)ccn2)[c-]c(C2=N[C@@H]3c4cccc(C)c4CC[C@@H]3O2)c1.[Pt+2]. The van der Waals surface area contributed by atoms with Gasteiger partial charge in [-0.1, -0.05) is 86.8 Å². The Kier molecular flexibility index (Phi) is 7.87. The molecule has 0 spiro atoms. The van der Waals surface area contributed by atoms with Gasteiger partial charge in [0.1, 0.15) is 23.9 Å². The van der Waals surface area contributed by atoms with Crippen molar-refractivity contribution in [3.63, 3.8) is 0 Å². The number of nitrogens with zero attached hydrogens (tertiary/aromatic N) is 3. The maximum absolute atomic E-state index is 6.49. The number of pyridine rings is 1. The van der Waals surface area contributed by atoms with E-state index in [1.807, 2.05) is 18.3 Å². The van der Waals surface area contributed by atoms with Crippen molar-refractivity contribution in [3.05, 3.63) is 130 Å². The van der Waals surface area contributed by atoms with Gasteiger partial charge in [-0.25, -0.2) is 4.98 Å². The molecule has 8 rings (SSSR count). The predicted octanol–water partition coefficient (Wildman–Crippen LogP) is 9.62. The van der Waals surface area contributed by atoms with Crippen molar-refractivity contribution < 1.29 is 30.5 Å². The van der Waals surface area contributed by atoms with Crippen molar-refractivity contribution in [3.8, 4) is 17.3 Å².